The van der Waals surface area contributed by atoms with Crippen molar-refractivity contribution in [2.45, 2.75) is 71.9 Å². The summed E-state index contributed by atoms with van der Waals surface area (Å²) >= 11 is 6.11. The predicted octanol–water partition coefficient (Wildman–Crippen LogP) is 6.98. The lowest BCUT2D eigenvalue weighted by Gasteiger charge is -2.32. The quantitative estimate of drug-likeness (QED) is 0.289. The summed E-state index contributed by atoms with van der Waals surface area (Å²) in [6.07, 6.45) is 1.39. The fraction of sp³-hybridized carbons (Fsp3) is 0.394. The summed E-state index contributed by atoms with van der Waals surface area (Å²) in [5.41, 5.74) is 4.41. The number of nitrogens with one attached hydrogen (secondary N) is 1. The summed E-state index contributed by atoms with van der Waals surface area (Å²) in [6, 6.07) is 25.2. The maximum absolute atomic E-state index is 13.8. The zero-order chi connectivity index (χ0) is 27.7. The van der Waals surface area contributed by atoms with Crippen molar-refractivity contribution >= 4 is 23.4 Å². The molecule has 1 N–H and O–H groups in total. The first-order valence-electron chi connectivity index (χ1n) is 13.5. The van der Waals surface area contributed by atoms with Crippen molar-refractivity contribution in [1.29, 1.82) is 0 Å². The lowest BCUT2D eigenvalue weighted by atomic mass is 9.86. The fourth-order valence-electron chi connectivity index (χ4n) is 4.33. The topological polar surface area (TPSA) is 49.4 Å². The van der Waals surface area contributed by atoms with Crippen LogP contribution in [-0.4, -0.2) is 29.3 Å². The lowest BCUT2D eigenvalue weighted by Crippen LogP contribution is -2.51. The van der Waals surface area contributed by atoms with E-state index in [-0.39, 0.29) is 17.2 Å². The SMILES string of the molecule is CC(C)CNC(=O)[C@H](Cc1ccccc1)N(Cc1ccc(Cl)cc1)C(=O)CCc1ccc(C(C)(C)C)cc1. The van der Waals surface area contributed by atoms with Crippen LogP contribution < -0.4 is 5.32 Å². The Morgan fingerprint density at radius 1 is 0.842 bits per heavy atom. The molecule has 0 aromatic heterocycles. The van der Waals surface area contributed by atoms with Crippen LogP contribution in [0.5, 0.6) is 0 Å². The van der Waals surface area contributed by atoms with Gasteiger partial charge in [-0.15, -0.1) is 0 Å². The van der Waals surface area contributed by atoms with Crippen molar-refractivity contribution in [3.8, 4) is 0 Å². The first-order valence-corrected chi connectivity index (χ1v) is 13.9. The van der Waals surface area contributed by atoms with Gasteiger partial charge in [-0.1, -0.05) is 113 Å². The van der Waals surface area contributed by atoms with Gasteiger partial charge in [-0.3, -0.25) is 9.59 Å². The minimum Gasteiger partial charge on any atom is -0.354 e. The zero-order valence-corrected chi connectivity index (χ0v) is 24.1. The number of hydrogen-bond acceptors (Lipinski definition) is 2. The standard InChI is InChI=1S/C33H41ClN2O2/c1-24(2)22-35-32(38)30(21-26-9-7-6-8-10-26)36(23-27-13-18-29(34)19-14-27)31(37)20-15-25-11-16-28(17-12-25)33(3,4)5/h6-14,16-19,24,30H,15,20-23H2,1-5H3,(H,35,38)/t30-/m0/s1. The third kappa shape index (κ3) is 9.02. The van der Waals surface area contributed by atoms with Gasteiger partial charge >= 0.3 is 0 Å². The van der Waals surface area contributed by atoms with Crippen molar-refractivity contribution in [2.24, 2.45) is 5.92 Å². The number of rotatable bonds is 11. The fourth-order valence-corrected chi connectivity index (χ4v) is 4.46. The molecule has 0 heterocycles. The van der Waals surface area contributed by atoms with Gasteiger partial charge in [0.1, 0.15) is 6.04 Å². The molecule has 0 saturated heterocycles. The molecule has 0 bridgehead atoms. The van der Waals surface area contributed by atoms with Gasteiger partial charge in [0, 0.05) is 31.0 Å². The second-order valence-electron chi connectivity index (χ2n) is 11.4. The molecule has 0 saturated carbocycles. The Morgan fingerprint density at radius 3 is 2.03 bits per heavy atom. The van der Waals surface area contributed by atoms with Crippen LogP contribution in [0.2, 0.25) is 5.02 Å². The molecule has 3 aromatic rings. The molecule has 0 aliphatic carbocycles. The van der Waals surface area contributed by atoms with E-state index < -0.39 is 6.04 Å². The molecule has 0 fully saturated rings. The van der Waals surface area contributed by atoms with Gasteiger partial charge in [-0.05, 0) is 52.1 Å². The molecular weight excluding hydrogens is 492 g/mol. The monoisotopic (exact) mass is 532 g/mol. The first kappa shape index (κ1) is 29.4. The van der Waals surface area contributed by atoms with E-state index in [0.717, 1.165) is 16.7 Å². The lowest BCUT2D eigenvalue weighted by molar-refractivity contribution is -0.141. The summed E-state index contributed by atoms with van der Waals surface area (Å²) in [6.45, 7) is 11.6. The molecule has 0 aliphatic rings. The average Bonchev–Trinajstić information content (AvgIpc) is 2.89. The van der Waals surface area contributed by atoms with Crippen molar-refractivity contribution in [2.75, 3.05) is 6.54 Å². The number of carbonyl (C=O) groups excluding carboxylic acids is 2. The third-order valence-electron chi connectivity index (χ3n) is 6.67. The molecule has 38 heavy (non-hydrogen) atoms. The molecule has 5 heteroatoms. The van der Waals surface area contributed by atoms with E-state index in [2.05, 4.69) is 64.2 Å². The van der Waals surface area contributed by atoms with Crippen molar-refractivity contribution in [1.82, 2.24) is 10.2 Å². The maximum Gasteiger partial charge on any atom is 0.243 e. The van der Waals surface area contributed by atoms with Crippen LogP contribution in [0.3, 0.4) is 0 Å². The van der Waals surface area contributed by atoms with Crippen LogP contribution >= 0.6 is 11.6 Å². The highest BCUT2D eigenvalue weighted by Crippen LogP contribution is 2.23. The molecule has 2 amide bonds. The number of aryl methyl sites for hydroxylation is 1. The Hall–Kier alpha value is -3.11. The van der Waals surface area contributed by atoms with Crippen LogP contribution in [0.25, 0.3) is 0 Å². The molecule has 0 unspecified atom stereocenters. The Bertz CT molecular complexity index is 1170. The molecule has 4 nitrogen and oxygen atoms in total. The summed E-state index contributed by atoms with van der Waals surface area (Å²) < 4.78 is 0. The Kier molecular flexibility index (Phi) is 10.6. The van der Waals surface area contributed by atoms with Gasteiger partial charge in [0.25, 0.3) is 0 Å². The number of carbonyl (C=O) groups is 2. The number of halogens is 1. The largest absolute Gasteiger partial charge is 0.354 e. The summed E-state index contributed by atoms with van der Waals surface area (Å²) in [7, 11) is 0. The van der Waals surface area contributed by atoms with Gasteiger partial charge in [-0.2, -0.15) is 0 Å². The van der Waals surface area contributed by atoms with Crippen molar-refractivity contribution in [3.05, 3.63) is 106 Å². The van der Waals surface area contributed by atoms with E-state index in [1.54, 1.807) is 4.90 Å². The minimum atomic E-state index is -0.623. The van der Waals surface area contributed by atoms with Crippen molar-refractivity contribution in [3.63, 3.8) is 0 Å². The summed E-state index contributed by atoms with van der Waals surface area (Å²) in [5, 5.41) is 3.71. The third-order valence-corrected chi connectivity index (χ3v) is 6.92. The number of amides is 2. The van der Waals surface area contributed by atoms with E-state index in [0.29, 0.717) is 43.3 Å². The molecule has 3 rings (SSSR count). The van der Waals surface area contributed by atoms with Crippen LogP contribution in [0.4, 0.5) is 0 Å². The predicted molar refractivity (Wildman–Crippen MR) is 157 cm³/mol. The first-order chi connectivity index (χ1) is 18.0. The van der Waals surface area contributed by atoms with Gasteiger partial charge in [0.2, 0.25) is 11.8 Å². The molecule has 0 radical (unpaired) electrons. The Balaban J connectivity index is 1.87. The second kappa shape index (κ2) is 13.6. The summed E-state index contributed by atoms with van der Waals surface area (Å²) in [4.78, 5) is 29.1. The highest BCUT2D eigenvalue weighted by Gasteiger charge is 2.30. The number of benzene rings is 3. The van der Waals surface area contributed by atoms with E-state index in [4.69, 9.17) is 11.6 Å². The van der Waals surface area contributed by atoms with Gasteiger partial charge in [0.15, 0.2) is 0 Å². The van der Waals surface area contributed by atoms with Crippen LogP contribution in [0.15, 0.2) is 78.9 Å². The minimum absolute atomic E-state index is 0.0412. The molecule has 0 spiro atoms. The van der Waals surface area contributed by atoms with Gasteiger partial charge < -0.3 is 10.2 Å². The van der Waals surface area contributed by atoms with Gasteiger partial charge in [-0.25, -0.2) is 0 Å². The van der Waals surface area contributed by atoms with E-state index in [1.807, 2.05) is 54.6 Å². The zero-order valence-electron chi connectivity index (χ0n) is 23.3. The van der Waals surface area contributed by atoms with E-state index in [1.165, 1.54) is 5.56 Å². The molecule has 202 valence electrons. The summed E-state index contributed by atoms with van der Waals surface area (Å²) in [5.74, 6) is 0.146. The van der Waals surface area contributed by atoms with E-state index >= 15 is 0 Å². The molecule has 1 atom stereocenters. The number of nitrogens with zero attached hydrogens (tertiary/aromatic N) is 1. The average molecular weight is 533 g/mol. The number of hydrogen-bond donors (Lipinski definition) is 1. The molecular formula is C33H41ClN2O2. The Labute approximate surface area is 233 Å². The van der Waals surface area contributed by atoms with Crippen molar-refractivity contribution < 1.29 is 9.59 Å². The van der Waals surface area contributed by atoms with E-state index in [9.17, 15) is 9.59 Å². The Morgan fingerprint density at radius 2 is 1.45 bits per heavy atom. The second-order valence-corrected chi connectivity index (χ2v) is 11.9. The van der Waals surface area contributed by atoms with Crippen LogP contribution in [-0.2, 0) is 34.4 Å². The van der Waals surface area contributed by atoms with Crippen LogP contribution in [0, 0.1) is 5.92 Å². The highest BCUT2D eigenvalue weighted by molar-refractivity contribution is 6.30. The van der Waals surface area contributed by atoms with Gasteiger partial charge in [0.05, 0.1) is 0 Å². The highest BCUT2D eigenvalue weighted by atomic mass is 35.5. The normalized spacial score (nSPS) is 12.3. The molecule has 3 aromatic carbocycles. The smallest absolute Gasteiger partial charge is 0.243 e. The molecule has 0 aliphatic heterocycles. The van der Waals surface area contributed by atoms with Crippen LogP contribution in [0.1, 0.15) is 63.3 Å². The maximum atomic E-state index is 13.8.